The number of rotatable bonds is 6. The number of ether oxygens (including phenoxy) is 1. The summed E-state index contributed by atoms with van der Waals surface area (Å²) < 4.78 is 73.8. The highest BCUT2D eigenvalue weighted by molar-refractivity contribution is 5.81. The Labute approximate surface area is 216 Å². The highest BCUT2D eigenvalue weighted by Gasteiger charge is 2.35. The fourth-order valence-electron chi connectivity index (χ4n) is 4.13. The predicted octanol–water partition coefficient (Wildman–Crippen LogP) is 5.70. The number of pyridine rings is 1. The molecule has 200 valence electrons. The number of H-pyrrole nitrogens is 1. The zero-order chi connectivity index (χ0) is 27.9. The summed E-state index contributed by atoms with van der Waals surface area (Å²) in [5.41, 5.74) is -1.17. The first-order chi connectivity index (χ1) is 18.5. The molecule has 1 aliphatic rings. The van der Waals surface area contributed by atoms with E-state index in [1.807, 2.05) is 0 Å². The second-order valence-corrected chi connectivity index (χ2v) is 8.48. The van der Waals surface area contributed by atoms with E-state index in [2.05, 4.69) is 20.1 Å². The van der Waals surface area contributed by atoms with Gasteiger partial charge < -0.3 is 9.72 Å². The van der Waals surface area contributed by atoms with E-state index in [9.17, 15) is 32.1 Å². The largest absolute Gasteiger partial charge is 0.497 e. The number of hydrogen-bond acceptors (Lipinski definition) is 7. The van der Waals surface area contributed by atoms with Gasteiger partial charge in [-0.15, -0.1) is 0 Å². The molecule has 5 rings (SSSR count). The molecule has 1 N–H and O–H groups in total. The van der Waals surface area contributed by atoms with Crippen molar-refractivity contribution in [1.82, 2.24) is 20.0 Å². The number of benzene rings is 2. The number of methoxy groups -OCH3 is 1. The van der Waals surface area contributed by atoms with Gasteiger partial charge in [-0.25, -0.2) is 13.8 Å². The SMILES string of the molecule is COc1ccc(-c2cc([N+](=O)[O-])c(CN3Cc4nc(-c5cccc(F)c5F)[nH]c4C=N3)cn2)c(C(F)(F)F)c1. The van der Waals surface area contributed by atoms with Gasteiger partial charge in [-0.1, -0.05) is 6.07 Å². The predicted molar refractivity (Wildman–Crippen MR) is 129 cm³/mol. The summed E-state index contributed by atoms with van der Waals surface area (Å²) in [7, 11) is 1.22. The number of halogens is 5. The summed E-state index contributed by atoms with van der Waals surface area (Å²) in [5.74, 6) is -2.04. The van der Waals surface area contributed by atoms with Gasteiger partial charge in [0.15, 0.2) is 11.6 Å². The fourth-order valence-corrected chi connectivity index (χ4v) is 4.13. The molecule has 0 aliphatic carbocycles. The van der Waals surface area contributed by atoms with Crippen LogP contribution in [0.15, 0.2) is 53.8 Å². The Balaban J connectivity index is 1.43. The average Bonchev–Trinajstić information content (AvgIpc) is 3.32. The highest BCUT2D eigenvalue weighted by atomic mass is 19.4. The third kappa shape index (κ3) is 5.00. The van der Waals surface area contributed by atoms with E-state index in [1.54, 1.807) is 0 Å². The van der Waals surface area contributed by atoms with Crippen LogP contribution in [0.2, 0.25) is 0 Å². The molecule has 4 aromatic rings. The van der Waals surface area contributed by atoms with Gasteiger partial charge in [-0.05, 0) is 30.3 Å². The first kappa shape index (κ1) is 25.8. The van der Waals surface area contributed by atoms with Crippen molar-refractivity contribution in [1.29, 1.82) is 0 Å². The van der Waals surface area contributed by atoms with E-state index in [1.165, 1.54) is 36.5 Å². The minimum Gasteiger partial charge on any atom is -0.497 e. The van der Waals surface area contributed by atoms with Crippen molar-refractivity contribution in [2.75, 3.05) is 7.11 Å². The molecule has 0 radical (unpaired) electrons. The lowest BCUT2D eigenvalue weighted by Crippen LogP contribution is -2.22. The minimum atomic E-state index is -4.75. The zero-order valence-corrected chi connectivity index (χ0v) is 20.0. The summed E-state index contributed by atoms with van der Waals surface area (Å²) in [5, 5.41) is 17.5. The third-order valence-electron chi connectivity index (χ3n) is 6.02. The topological polar surface area (TPSA) is 110 Å². The summed E-state index contributed by atoms with van der Waals surface area (Å²) in [6.45, 7) is -0.0559. The number of hydrogen-bond donors (Lipinski definition) is 1. The molecule has 0 amide bonds. The molecule has 0 unspecified atom stereocenters. The van der Waals surface area contributed by atoms with Gasteiger partial charge in [0, 0.05) is 17.8 Å². The van der Waals surface area contributed by atoms with Gasteiger partial charge in [0.1, 0.15) is 11.6 Å². The smallest absolute Gasteiger partial charge is 0.417 e. The molecule has 2 aromatic heterocycles. The molecule has 0 saturated heterocycles. The maximum Gasteiger partial charge on any atom is 0.417 e. The third-order valence-corrected chi connectivity index (χ3v) is 6.02. The normalized spacial score (nSPS) is 12.9. The lowest BCUT2D eigenvalue weighted by Gasteiger charge is -2.21. The maximum absolute atomic E-state index is 14.2. The van der Waals surface area contributed by atoms with E-state index in [4.69, 9.17) is 4.74 Å². The quantitative estimate of drug-likeness (QED) is 0.189. The van der Waals surface area contributed by atoms with Crippen LogP contribution in [0.25, 0.3) is 22.6 Å². The van der Waals surface area contributed by atoms with Gasteiger partial charge >= 0.3 is 6.18 Å². The van der Waals surface area contributed by atoms with Crippen LogP contribution in [0, 0.1) is 21.7 Å². The Hall–Kier alpha value is -4.88. The number of nitrogens with zero attached hydrogens (tertiary/aromatic N) is 5. The van der Waals surface area contributed by atoms with Crippen LogP contribution < -0.4 is 4.74 Å². The standard InChI is InChI=1S/C25H17F5N6O3/c1-39-14-5-6-15(17(7-14)25(28,29)30)19-8-22(36(37)38)13(9-31-19)11-35-12-21-20(10-32-35)33-24(34-21)16-3-2-4-18(26)23(16)27/h2-10H,11-12H2,1H3,(H,33,34). The van der Waals surface area contributed by atoms with Crippen molar-refractivity contribution < 1.29 is 31.6 Å². The number of hydrazone groups is 1. The Morgan fingerprint density at radius 2 is 1.95 bits per heavy atom. The van der Waals surface area contributed by atoms with E-state index in [0.717, 1.165) is 30.5 Å². The number of imidazole rings is 1. The van der Waals surface area contributed by atoms with Crippen LogP contribution in [0.3, 0.4) is 0 Å². The highest BCUT2D eigenvalue weighted by Crippen LogP contribution is 2.39. The molecule has 0 atom stereocenters. The molecule has 9 nitrogen and oxygen atoms in total. The molecule has 0 bridgehead atoms. The van der Waals surface area contributed by atoms with Gasteiger partial charge in [0.25, 0.3) is 5.69 Å². The number of fused-ring (bicyclic) bond motifs is 1. The summed E-state index contributed by atoms with van der Waals surface area (Å²) in [4.78, 5) is 22.4. The fraction of sp³-hybridized carbons (Fsp3) is 0.160. The summed E-state index contributed by atoms with van der Waals surface area (Å²) in [6, 6.07) is 7.90. The van der Waals surface area contributed by atoms with Crippen LogP contribution in [-0.2, 0) is 19.3 Å². The first-order valence-corrected chi connectivity index (χ1v) is 11.3. The Bertz CT molecular complexity index is 1620. The molecule has 2 aromatic carbocycles. The van der Waals surface area contributed by atoms with Gasteiger partial charge in [0.05, 0.1) is 65.1 Å². The Kier molecular flexibility index (Phi) is 6.46. The zero-order valence-electron chi connectivity index (χ0n) is 20.0. The Morgan fingerprint density at radius 3 is 2.67 bits per heavy atom. The molecular formula is C25H17F5N6O3. The number of alkyl halides is 3. The second kappa shape index (κ2) is 9.78. The maximum atomic E-state index is 14.2. The van der Waals surface area contributed by atoms with Crippen LogP contribution in [0.5, 0.6) is 5.75 Å². The van der Waals surface area contributed by atoms with Crippen molar-refractivity contribution in [3.63, 3.8) is 0 Å². The lowest BCUT2D eigenvalue weighted by molar-refractivity contribution is -0.385. The minimum absolute atomic E-state index is 0.0267. The van der Waals surface area contributed by atoms with E-state index in [0.29, 0.717) is 11.4 Å². The lowest BCUT2D eigenvalue weighted by atomic mass is 10.0. The number of aromatic nitrogens is 3. The number of nitro groups is 1. The number of nitrogens with one attached hydrogen (secondary N) is 1. The van der Waals surface area contributed by atoms with Crippen LogP contribution in [0.1, 0.15) is 22.5 Å². The van der Waals surface area contributed by atoms with E-state index < -0.39 is 34.0 Å². The van der Waals surface area contributed by atoms with E-state index >= 15 is 0 Å². The molecule has 1 aliphatic heterocycles. The second-order valence-electron chi connectivity index (χ2n) is 8.48. The first-order valence-electron chi connectivity index (χ1n) is 11.3. The average molecular weight is 544 g/mol. The van der Waals surface area contributed by atoms with Crippen molar-refractivity contribution in [3.8, 4) is 28.4 Å². The molecule has 3 heterocycles. The molecule has 0 fully saturated rings. The molecule has 0 spiro atoms. The molecule has 0 saturated carbocycles. The van der Waals surface area contributed by atoms with Crippen molar-refractivity contribution in [2.45, 2.75) is 19.3 Å². The van der Waals surface area contributed by atoms with Crippen LogP contribution in [0.4, 0.5) is 27.6 Å². The molecule has 39 heavy (non-hydrogen) atoms. The summed E-state index contributed by atoms with van der Waals surface area (Å²) >= 11 is 0. The number of aromatic amines is 1. The summed E-state index contributed by atoms with van der Waals surface area (Å²) in [6.07, 6.45) is -2.25. The van der Waals surface area contributed by atoms with E-state index in [-0.39, 0.29) is 47.0 Å². The molecular weight excluding hydrogens is 527 g/mol. The van der Waals surface area contributed by atoms with Gasteiger partial charge in [0.2, 0.25) is 0 Å². The van der Waals surface area contributed by atoms with Crippen LogP contribution in [-0.4, -0.2) is 38.2 Å². The molecule has 14 heteroatoms. The Morgan fingerprint density at radius 1 is 1.15 bits per heavy atom. The van der Waals surface area contributed by atoms with Crippen LogP contribution >= 0.6 is 0 Å². The van der Waals surface area contributed by atoms with Gasteiger partial charge in [-0.2, -0.15) is 18.3 Å². The van der Waals surface area contributed by atoms with Crippen molar-refractivity contribution in [3.05, 3.63) is 92.9 Å². The van der Waals surface area contributed by atoms with Crippen molar-refractivity contribution in [2.24, 2.45) is 5.10 Å². The van der Waals surface area contributed by atoms with Gasteiger partial charge in [-0.3, -0.25) is 20.1 Å². The monoisotopic (exact) mass is 544 g/mol. The van der Waals surface area contributed by atoms with Crippen molar-refractivity contribution >= 4 is 11.9 Å².